The molecule has 2 rings (SSSR count). The lowest BCUT2D eigenvalue weighted by atomic mass is 10.1. The maximum absolute atomic E-state index is 13.8. The highest BCUT2D eigenvalue weighted by Crippen LogP contribution is 2.23. The Balaban J connectivity index is 2.25. The molecule has 122 valence electrons. The number of nitrogens with zero attached hydrogens (tertiary/aromatic N) is 1. The van der Waals surface area contributed by atoms with Gasteiger partial charge in [0.05, 0.1) is 11.6 Å². The van der Waals surface area contributed by atoms with Gasteiger partial charge in [-0.3, -0.25) is 4.79 Å². The van der Waals surface area contributed by atoms with Crippen LogP contribution in [0, 0.1) is 17.1 Å². The van der Waals surface area contributed by atoms with Crippen molar-refractivity contribution in [3.63, 3.8) is 0 Å². The summed E-state index contributed by atoms with van der Waals surface area (Å²) >= 11 is 5.91. The topological polar surface area (TPSA) is 62.1 Å². The third kappa shape index (κ3) is 4.34. The Morgan fingerprint density at radius 3 is 2.79 bits per heavy atom. The van der Waals surface area contributed by atoms with Crippen LogP contribution >= 0.6 is 11.6 Å². The van der Waals surface area contributed by atoms with Gasteiger partial charge >= 0.3 is 0 Å². The van der Waals surface area contributed by atoms with Gasteiger partial charge in [-0.1, -0.05) is 23.7 Å². The number of halogens is 2. The summed E-state index contributed by atoms with van der Waals surface area (Å²) in [5.41, 5.74) is 0.199. The van der Waals surface area contributed by atoms with E-state index in [2.05, 4.69) is 5.32 Å². The van der Waals surface area contributed by atoms with Crippen molar-refractivity contribution in [1.29, 1.82) is 5.26 Å². The van der Waals surface area contributed by atoms with Gasteiger partial charge in [-0.15, -0.1) is 0 Å². The third-order valence-electron chi connectivity index (χ3n) is 3.06. The van der Waals surface area contributed by atoms with E-state index in [0.717, 1.165) is 6.08 Å². The second-order valence-corrected chi connectivity index (χ2v) is 5.13. The number of rotatable bonds is 5. The monoisotopic (exact) mass is 344 g/mol. The number of amides is 1. The summed E-state index contributed by atoms with van der Waals surface area (Å²) in [4.78, 5) is 12.2. The smallest absolute Gasteiger partial charge is 0.266 e. The molecule has 0 radical (unpaired) electrons. The van der Waals surface area contributed by atoms with Crippen LogP contribution in [0.3, 0.4) is 0 Å². The molecule has 1 amide bonds. The van der Waals surface area contributed by atoms with Crippen LogP contribution in [0.1, 0.15) is 12.5 Å². The Morgan fingerprint density at radius 2 is 2.12 bits per heavy atom. The van der Waals surface area contributed by atoms with Crippen LogP contribution in [0.25, 0.3) is 6.08 Å². The molecular weight excluding hydrogens is 331 g/mol. The minimum absolute atomic E-state index is 0.00562. The molecule has 0 aliphatic heterocycles. The molecular formula is C18H14ClFN2O2. The summed E-state index contributed by atoms with van der Waals surface area (Å²) in [6.45, 7) is 2.34. The number of ether oxygens (including phenoxy) is 1. The zero-order valence-electron chi connectivity index (χ0n) is 12.8. The van der Waals surface area contributed by atoms with Crippen LogP contribution in [-0.4, -0.2) is 12.5 Å². The number of hydrogen-bond acceptors (Lipinski definition) is 3. The molecule has 0 spiro atoms. The number of benzene rings is 2. The summed E-state index contributed by atoms with van der Waals surface area (Å²) in [6, 6.07) is 12.6. The van der Waals surface area contributed by atoms with E-state index >= 15 is 0 Å². The van der Waals surface area contributed by atoms with Gasteiger partial charge in [0.2, 0.25) is 0 Å². The molecule has 0 fully saturated rings. The molecule has 0 unspecified atom stereocenters. The first-order valence-electron chi connectivity index (χ1n) is 7.15. The Morgan fingerprint density at radius 1 is 1.38 bits per heavy atom. The van der Waals surface area contributed by atoms with Crippen LogP contribution in [0.15, 0.2) is 48.0 Å². The van der Waals surface area contributed by atoms with Gasteiger partial charge in [0, 0.05) is 17.3 Å². The van der Waals surface area contributed by atoms with Crippen molar-refractivity contribution < 1.29 is 13.9 Å². The summed E-state index contributed by atoms with van der Waals surface area (Å²) in [5, 5.41) is 11.9. The maximum atomic E-state index is 13.8. The summed E-state index contributed by atoms with van der Waals surface area (Å²) < 4.78 is 19.1. The summed E-state index contributed by atoms with van der Waals surface area (Å²) in [6.07, 6.45) is 1.12. The van der Waals surface area contributed by atoms with Crippen molar-refractivity contribution in [3.8, 4) is 11.8 Å². The Kier molecular flexibility index (Phi) is 5.94. The van der Waals surface area contributed by atoms with Crippen LogP contribution in [0.4, 0.5) is 10.1 Å². The molecule has 2 aromatic carbocycles. The lowest BCUT2D eigenvalue weighted by Crippen LogP contribution is -2.13. The van der Waals surface area contributed by atoms with Gasteiger partial charge in [0.1, 0.15) is 23.2 Å². The zero-order valence-corrected chi connectivity index (χ0v) is 13.6. The maximum Gasteiger partial charge on any atom is 0.266 e. The second kappa shape index (κ2) is 8.14. The molecule has 6 heteroatoms. The molecule has 24 heavy (non-hydrogen) atoms. The first kappa shape index (κ1) is 17.5. The van der Waals surface area contributed by atoms with Crippen molar-refractivity contribution >= 4 is 29.3 Å². The fraction of sp³-hybridized carbons (Fsp3) is 0.111. The van der Waals surface area contributed by atoms with Crippen LogP contribution < -0.4 is 10.1 Å². The Hall–Kier alpha value is -2.84. The highest BCUT2D eigenvalue weighted by Gasteiger charge is 2.13. The fourth-order valence-corrected chi connectivity index (χ4v) is 2.19. The highest BCUT2D eigenvalue weighted by atomic mass is 35.5. The first-order chi connectivity index (χ1) is 11.5. The molecule has 0 saturated carbocycles. The fourth-order valence-electron chi connectivity index (χ4n) is 1.97. The van der Waals surface area contributed by atoms with Crippen molar-refractivity contribution in [3.05, 3.63) is 64.4 Å². The van der Waals surface area contributed by atoms with Crippen molar-refractivity contribution in [2.75, 3.05) is 11.9 Å². The third-order valence-corrected chi connectivity index (χ3v) is 3.39. The SMILES string of the molecule is CCOc1cccc(NC(=O)/C(C#N)=C\c2c(F)cccc2Cl)c1. The number of hydrogen-bond donors (Lipinski definition) is 1. The number of carbonyl (C=O) groups is 1. The van der Waals surface area contributed by atoms with Gasteiger partial charge in [-0.25, -0.2) is 4.39 Å². The molecule has 0 heterocycles. The number of nitriles is 1. The van der Waals surface area contributed by atoms with Crippen molar-refractivity contribution in [2.24, 2.45) is 0 Å². The van der Waals surface area contributed by atoms with E-state index in [4.69, 9.17) is 16.3 Å². The number of carbonyl (C=O) groups excluding carboxylic acids is 1. The predicted molar refractivity (Wildman–Crippen MR) is 91.2 cm³/mol. The van der Waals surface area contributed by atoms with Gasteiger partial charge in [-0.05, 0) is 37.3 Å². The lowest BCUT2D eigenvalue weighted by Gasteiger charge is -2.08. The highest BCUT2D eigenvalue weighted by molar-refractivity contribution is 6.32. The van der Waals surface area contributed by atoms with Crippen molar-refractivity contribution in [1.82, 2.24) is 0 Å². The van der Waals surface area contributed by atoms with Crippen molar-refractivity contribution in [2.45, 2.75) is 6.92 Å². The lowest BCUT2D eigenvalue weighted by molar-refractivity contribution is -0.112. The molecule has 0 aliphatic carbocycles. The van der Waals surface area contributed by atoms with Crippen LogP contribution in [0.2, 0.25) is 5.02 Å². The molecule has 0 atom stereocenters. The Labute approximate surface area is 144 Å². The van der Waals surface area contributed by atoms with Gasteiger partial charge in [-0.2, -0.15) is 5.26 Å². The number of anilines is 1. The molecule has 1 N–H and O–H groups in total. The normalized spacial score (nSPS) is 10.8. The zero-order chi connectivity index (χ0) is 17.5. The minimum atomic E-state index is -0.662. The molecule has 0 bridgehead atoms. The molecule has 0 saturated heterocycles. The molecule has 0 aliphatic rings. The quantitative estimate of drug-likeness (QED) is 0.645. The predicted octanol–water partition coefficient (Wildman–Crippen LogP) is 4.42. The van der Waals surface area contributed by atoms with E-state index in [-0.39, 0.29) is 16.2 Å². The summed E-state index contributed by atoms with van der Waals surface area (Å²) in [5.74, 6) is -0.679. The standard InChI is InChI=1S/C18H14ClFN2O2/c1-2-24-14-6-3-5-13(10-14)22-18(23)12(11-21)9-15-16(19)7-4-8-17(15)20/h3-10H,2H2,1H3,(H,22,23)/b12-9-. The Bertz CT molecular complexity index is 808. The molecule has 2 aromatic rings. The molecule has 4 nitrogen and oxygen atoms in total. The molecule has 0 aromatic heterocycles. The van der Waals surface area contributed by atoms with E-state index in [9.17, 15) is 14.4 Å². The van der Waals surface area contributed by atoms with E-state index in [1.807, 2.05) is 6.92 Å². The minimum Gasteiger partial charge on any atom is -0.494 e. The summed E-state index contributed by atoms with van der Waals surface area (Å²) in [7, 11) is 0. The number of nitrogens with one attached hydrogen (secondary N) is 1. The average Bonchev–Trinajstić information content (AvgIpc) is 2.55. The van der Waals surface area contributed by atoms with Gasteiger partial charge in [0.15, 0.2) is 0 Å². The van der Waals surface area contributed by atoms with E-state index in [1.165, 1.54) is 18.2 Å². The largest absolute Gasteiger partial charge is 0.494 e. The average molecular weight is 345 g/mol. The van der Waals surface area contributed by atoms with Gasteiger partial charge < -0.3 is 10.1 Å². The van der Waals surface area contributed by atoms with E-state index < -0.39 is 11.7 Å². The van der Waals surface area contributed by atoms with Gasteiger partial charge in [0.25, 0.3) is 5.91 Å². The van der Waals surface area contributed by atoms with E-state index in [1.54, 1.807) is 30.3 Å². The second-order valence-electron chi connectivity index (χ2n) is 4.72. The first-order valence-corrected chi connectivity index (χ1v) is 7.53. The van der Waals surface area contributed by atoms with E-state index in [0.29, 0.717) is 18.0 Å². The van der Waals surface area contributed by atoms with Crippen LogP contribution in [-0.2, 0) is 4.79 Å². The van der Waals surface area contributed by atoms with Crippen LogP contribution in [0.5, 0.6) is 5.75 Å².